The largest absolute Gasteiger partial charge is 0.368 e. The van der Waals surface area contributed by atoms with Crippen LogP contribution < -0.4 is 10.6 Å². The Morgan fingerprint density at radius 2 is 2.22 bits per heavy atom. The maximum absolute atomic E-state index is 11.0. The van der Waals surface area contributed by atoms with Gasteiger partial charge in [0.25, 0.3) is 0 Å². The third-order valence-electron chi connectivity index (χ3n) is 3.46. The van der Waals surface area contributed by atoms with Crippen molar-refractivity contribution in [2.24, 2.45) is 5.92 Å². The number of aromatic nitrogens is 2. The molecule has 1 fully saturated rings. The van der Waals surface area contributed by atoms with Gasteiger partial charge in [-0.05, 0) is 18.8 Å². The smallest absolute Gasteiger partial charge is 0.329 e. The summed E-state index contributed by atoms with van der Waals surface area (Å²) in [6, 6.07) is 0. The van der Waals surface area contributed by atoms with Gasteiger partial charge in [-0.15, -0.1) is 0 Å². The van der Waals surface area contributed by atoms with Gasteiger partial charge in [0, 0.05) is 13.1 Å². The van der Waals surface area contributed by atoms with Gasteiger partial charge in [-0.3, -0.25) is 10.1 Å². The van der Waals surface area contributed by atoms with Crippen molar-refractivity contribution in [1.82, 2.24) is 9.97 Å². The zero-order valence-electron chi connectivity index (χ0n) is 10.4. The van der Waals surface area contributed by atoms with E-state index < -0.39 is 4.92 Å². The fraction of sp³-hybridized carbons (Fsp3) is 0.636. The number of rotatable bonds is 3. The fourth-order valence-corrected chi connectivity index (χ4v) is 2.29. The predicted molar refractivity (Wildman–Crippen MR) is 68.3 cm³/mol. The fourth-order valence-electron chi connectivity index (χ4n) is 2.29. The average Bonchev–Trinajstić information content (AvgIpc) is 2.38. The number of anilines is 2. The summed E-state index contributed by atoms with van der Waals surface area (Å²) in [7, 11) is 0. The minimum atomic E-state index is -0.458. The quantitative estimate of drug-likeness (QED) is 0.647. The van der Waals surface area contributed by atoms with Gasteiger partial charge >= 0.3 is 5.69 Å². The van der Waals surface area contributed by atoms with Crippen LogP contribution in [0.25, 0.3) is 0 Å². The first-order valence-corrected chi connectivity index (χ1v) is 6.13. The van der Waals surface area contributed by atoms with Crippen LogP contribution in [-0.2, 0) is 0 Å². The number of nitrogens with two attached hydrogens (primary N) is 1. The van der Waals surface area contributed by atoms with E-state index in [4.69, 9.17) is 5.73 Å². The number of nitrogens with zero attached hydrogens (tertiary/aromatic N) is 4. The highest BCUT2D eigenvalue weighted by molar-refractivity contribution is 5.58. The molecule has 1 aromatic rings. The average molecular weight is 251 g/mol. The second-order valence-corrected chi connectivity index (χ2v) is 4.53. The molecule has 18 heavy (non-hydrogen) atoms. The molecule has 0 spiro atoms. The lowest BCUT2D eigenvalue weighted by Crippen LogP contribution is -2.34. The highest BCUT2D eigenvalue weighted by Gasteiger charge is 2.26. The lowest BCUT2D eigenvalue weighted by atomic mass is 9.94. The molecule has 0 saturated carbocycles. The number of hydrogen-bond acceptors (Lipinski definition) is 6. The van der Waals surface area contributed by atoms with Crippen molar-refractivity contribution in [3.63, 3.8) is 0 Å². The molecule has 2 N–H and O–H groups in total. The maximum Gasteiger partial charge on any atom is 0.329 e. The van der Waals surface area contributed by atoms with Gasteiger partial charge in [-0.2, -0.15) is 4.98 Å². The van der Waals surface area contributed by atoms with Crippen LogP contribution in [-0.4, -0.2) is 28.0 Å². The van der Waals surface area contributed by atoms with Gasteiger partial charge in [-0.1, -0.05) is 13.3 Å². The lowest BCUT2D eigenvalue weighted by molar-refractivity contribution is -0.384. The van der Waals surface area contributed by atoms with Crippen molar-refractivity contribution < 1.29 is 4.92 Å². The molecule has 1 aromatic heterocycles. The van der Waals surface area contributed by atoms with E-state index in [1.807, 2.05) is 4.90 Å². The monoisotopic (exact) mass is 251 g/mol. The normalized spacial score (nSPS) is 16.8. The second kappa shape index (κ2) is 5.16. The molecule has 98 valence electrons. The number of nitrogen functional groups attached to an aromatic ring is 1. The molecule has 7 nitrogen and oxygen atoms in total. The molecular weight excluding hydrogens is 234 g/mol. The van der Waals surface area contributed by atoms with Crippen molar-refractivity contribution in [2.75, 3.05) is 23.7 Å². The minimum Gasteiger partial charge on any atom is -0.368 e. The maximum atomic E-state index is 11.0. The minimum absolute atomic E-state index is 0.0702. The van der Waals surface area contributed by atoms with Crippen molar-refractivity contribution in [2.45, 2.75) is 26.2 Å². The van der Waals surface area contributed by atoms with E-state index in [0.717, 1.165) is 32.4 Å². The van der Waals surface area contributed by atoms with Crippen molar-refractivity contribution >= 4 is 17.5 Å². The van der Waals surface area contributed by atoms with E-state index in [0.29, 0.717) is 11.7 Å². The van der Waals surface area contributed by atoms with Crippen LogP contribution in [0.4, 0.5) is 17.5 Å². The van der Waals surface area contributed by atoms with Gasteiger partial charge in [-0.25, -0.2) is 4.98 Å². The van der Waals surface area contributed by atoms with Crippen LogP contribution in [0.1, 0.15) is 26.2 Å². The highest BCUT2D eigenvalue weighted by Crippen LogP contribution is 2.30. The molecule has 0 radical (unpaired) electrons. The Balaban J connectivity index is 2.22. The van der Waals surface area contributed by atoms with E-state index in [-0.39, 0.29) is 11.6 Å². The molecule has 0 unspecified atom stereocenters. The summed E-state index contributed by atoms with van der Waals surface area (Å²) >= 11 is 0. The Hall–Kier alpha value is -1.92. The molecule has 0 atom stereocenters. The van der Waals surface area contributed by atoms with E-state index >= 15 is 0 Å². The highest BCUT2D eigenvalue weighted by atomic mass is 16.6. The summed E-state index contributed by atoms with van der Waals surface area (Å²) in [6.07, 6.45) is 4.42. The number of hydrogen-bond donors (Lipinski definition) is 1. The first-order valence-electron chi connectivity index (χ1n) is 6.13. The molecule has 1 aliphatic rings. The van der Waals surface area contributed by atoms with Gasteiger partial charge in [0.1, 0.15) is 6.20 Å². The van der Waals surface area contributed by atoms with Crippen molar-refractivity contribution in [3.05, 3.63) is 16.3 Å². The first-order chi connectivity index (χ1) is 8.61. The summed E-state index contributed by atoms with van der Waals surface area (Å²) in [5.41, 5.74) is 5.45. The predicted octanol–water partition coefficient (Wildman–Crippen LogP) is 1.59. The third kappa shape index (κ3) is 2.49. The standard InChI is InChI=1S/C11H17N5O2/c1-2-8-3-5-15(6-4-8)10-9(16(17)18)7-13-11(12)14-10/h7-8H,2-6H2,1H3,(H2,12,13,14). The summed E-state index contributed by atoms with van der Waals surface area (Å²) in [5.74, 6) is 1.13. The Kier molecular flexibility index (Phi) is 3.59. The van der Waals surface area contributed by atoms with Crippen LogP contribution in [0.2, 0.25) is 0 Å². The van der Waals surface area contributed by atoms with Gasteiger partial charge < -0.3 is 10.6 Å². The first kappa shape index (κ1) is 12.5. The molecule has 2 rings (SSSR count). The summed E-state index contributed by atoms with van der Waals surface area (Å²) < 4.78 is 0. The van der Waals surface area contributed by atoms with Gasteiger partial charge in [0.15, 0.2) is 0 Å². The Morgan fingerprint density at radius 3 is 2.78 bits per heavy atom. The van der Waals surface area contributed by atoms with Crippen LogP contribution in [0.5, 0.6) is 0 Å². The van der Waals surface area contributed by atoms with Crippen LogP contribution in [0.3, 0.4) is 0 Å². The van der Waals surface area contributed by atoms with Crippen LogP contribution in [0.15, 0.2) is 6.20 Å². The lowest BCUT2D eigenvalue weighted by Gasteiger charge is -2.31. The third-order valence-corrected chi connectivity index (χ3v) is 3.46. The Morgan fingerprint density at radius 1 is 1.56 bits per heavy atom. The van der Waals surface area contributed by atoms with Gasteiger partial charge in [0.05, 0.1) is 4.92 Å². The van der Waals surface area contributed by atoms with Gasteiger partial charge in [0.2, 0.25) is 11.8 Å². The van der Waals surface area contributed by atoms with Crippen LogP contribution in [0, 0.1) is 16.0 Å². The molecule has 7 heteroatoms. The molecule has 2 heterocycles. The molecule has 0 aromatic carbocycles. The molecule has 0 amide bonds. The topological polar surface area (TPSA) is 98.2 Å². The summed E-state index contributed by atoms with van der Waals surface area (Å²) in [4.78, 5) is 20.1. The molecule has 1 aliphatic heterocycles. The zero-order valence-corrected chi connectivity index (χ0v) is 10.4. The SMILES string of the molecule is CCC1CCN(c2nc(N)ncc2[N+](=O)[O-])CC1. The Labute approximate surface area is 105 Å². The molecule has 1 saturated heterocycles. The Bertz CT molecular complexity index is 443. The van der Waals surface area contributed by atoms with Crippen LogP contribution >= 0.6 is 0 Å². The second-order valence-electron chi connectivity index (χ2n) is 4.53. The van der Waals surface area contributed by atoms with Crippen molar-refractivity contribution in [1.29, 1.82) is 0 Å². The van der Waals surface area contributed by atoms with E-state index in [1.54, 1.807) is 0 Å². The molecule has 0 aliphatic carbocycles. The molecular formula is C11H17N5O2. The van der Waals surface area contributed by atoms with E-state index in [1.165, 1.54) is 6.20 Å². The molecule has 0 bridgehead atoms. The number of nitro groups is 1. The van der Waals surface area contributed by atoms with E-state index in [2.05, 4.69) is 16.9 Å². The zero-order chi connectivity index (χ0) is 13.1. The summed E-state index contributed by atoms with van der Waals surface area (Å²) in [6.45, 7) is 3.75. The summed E-state index contributed by atoms with van der Waals surface area (Å²) in [5, 5.41) is 11.0. The van der Waals surface area contributed by atoms with Crippen molar-refractivity contribution in [3.8, 4) is 0 Å². The number of piperidine rings is 1. The van der Waals surface area contributed by atoms with E-state index in [9.17, 15) is 10.1 Å².